The lowest BCUT2D eigenvalue weighted by atomic mass is 10.2. The van der Waals surface area contributed by atoms with Crippen molar-refractivity contribution in [2.75, 3.05) is 7.05 Å². The van der Waals surface area contributed by atoms with Crippen molar-refractivity contribution in [2.24, 2.45) is 0 Å². The van der Waals surface area contributed by atoms with E-state index in [4.69, 9.17) is 5.11 Å². The van der Waals surface area contributed by atoms with Gasteiger partial charge in [-0.25, -0.2) is 13.2 Å². The average Bonchev–Trinajstić information content (AvgIpc) is 2.91. The summed E-state index contributed by atoms with van der Waals surface area (Å²) in [5, 5.41) is 19.4. The molecule has 0 atom stereocenters. The van der Waals surface area contributed by atoms with Crippen molar-refractivity contribution < 1.29 is 23.4 Å². The van der Waals surface area contributed by atoms with E-state index in [2.05, 4.69) is 0 Å². The summed E-state index contributed by atoms with van der Waals surface area (Å²) in [6.07, 6.45) is 0. The fourth-order valence-electron chi connectivity index (χ4n) is 1.69. The number of carboxylic acids is 1. The summed E-state index contributed by atoms with van der Waals surface area (Å²) >= 11 is 0.872. The van der Waals surface area contributed by atoms with Crippen molar-refractivity contribution in [3.8, 4) is 5.75 Å². The molecule has 0 bridgehead atoms. The van der Waals surface area contributed by atoms with E-state index >= 15 is 0 Å². The molecule has 0 radical (unpaired) electrons. The number of carboxylic acid groups (broad SMARTS) is 1. The van der Waals surface area contributed by atoms with Gasteiger partial charge < -0.3 is 10.2 Å². The van der Waals surface area contributed by atoms with Gasteiger partial charge in [0.2, 0.25) is 10.0 Å². The number of phenols is 1. The average molecular weight is 327 g/mol. The van der Waals surface area contributed by atoms with Crippen LogP contribution < -0.4 is 0 Å². The van der Waals surface area contributed by atoms with Gasteiger partial charge in [-0.3, -0.25) is 0 Å². The summed E-state index contributed by atoms with van der Waals surface area (Å²) in [5.41, 5.74) is 0.715. The van der Waals surface area contributed by atoms with Gasteiger partial charge in [-0.2, -0.15) is 4.31 Å². The maximum Gasteiger partial charge on any atom is 0.345 e. The molecule has 2 aromatic rings. The normalized spacial score (nSPS) is 11.7. The molecule has 0 fully saturated rings. The quantitative estimate of drug-likeness (QED) is 0.875. The van der Waals surface area contributed by atoms with Gasteiger partial charge in [0.25, 0.3) is 0 Å². The third-order valence-corrected chi connectivity index (χ3v) is 5.68. The Morgan fingerprint density at radius 3 is 2.43 bits per heavy atom. The van der Waals surface area contributed by atoms with E-state index in [-0.39, 0.29) is 22.1 Å². The molecule has 0 unspecified atom stereocenters. The molecule has 2 N–H and O–H groups in total. The number of benzene rings is 1. The Morgan fingerprint density at radius 2 is 1.90 bits per heavy atom. The van der Waals surface area contributed by atoms with E-state index in [1.807, 2.05) is 0 Å². The standard InChI is InChI=1S/C13H13NO5S2/c1-14(7-9-2-4-10(15)5-3-9)21(18,19)11-6-12(13(16)17)20-8-11/h2-6,8,15H,7H2,1H3,(H,16,17). The van der Waals surface area contributed by atoms with Crippen LogP contribution >= 0.6 is 11.3 Å². The fourth-order valence-corrected chi connectivity index (χ4v) is 3.95. The zero-order valence-corrected chi connectivity index (χ0v) is 12.7. The van der Waals surface area contributed by atoms with Crippen LogP contribution in [0, 0.1) is 0 Å². The van der Waals surface area contributed by atoms with Crippen LogP contribution in [0.1, 0.15) is 15.2 Å². The Hall–Kier alpha value is -1.90. The van der Waals surface area contributed by atoms with Gasteiger partial charge in [-0.1, -0.05) is 12.1 Å². The van der Waals surface area contributed by atoms with Gasteiger partial charge in [-0.15, -0.1) is 11.3 Å². The Balaban J connectivity index is 2.21. The Bertz CT molecular complexity index is 749. The third kappa shape index (κ3) is 3.41. The molecule has 0 aliphatic heterocycles. The highest BCUT2D eigenvalue weighted by atomic mass is 32.2. The first-order valence-electron chi connectivity index (χ1n) is 5.87. The van der Waals surface area contributed by atoms with Crippen molar-refractivity contribution in [3.05, 3.63) is 46.2 Å². The second kappa shape index (κ2) is 5.84. The minimum Gasteiger partial charge on any atom is -0.508 e. The molecular formula is C13H13NO5S2. The highest BCUT2D eigenvalue weighted by Crippen LogP contribution is 2.23. The van der Waals surface area contributed by atoms with E-state index in [1.54, 1.807) is 12.1 Å². The number of hydrogen-bond acceptors (Lipinski definition) is 5. The van der Waals surface area contributed by atoms with Crippen LogP contribution in [-0.4, -0.2) is 36.0 Å². The van der Waals surface area contributed by atoms with Crippen molar-refractivity contribution in [1.82, 2.24) is 4.31 Å². The van der Waals surface area contributed by atoms with Crippen LogP contribution in [0.3, 0.4) is 0 Å². The van der Waals surface area contributed by atoms with Crippen LogP contribution in [0.5, 0.6) is 5.75 Å². The van der Waals surface area contributed by atoms with E-state index in [0.29, 0.717) is 5.56 Å². The molecule has 112 valence electrons. The van der Waals surface area contributed by atoms with Crippen LogP contribution in [0.4, 0.5) is 0 Å². The summed E-state index contributed by atoms with van der Waals surface area (Å²) in [6, 6.07) is 7.34. The summed E-state index contributed by atoms with van der Waals surface area (Å²) in [6.45, 7) is 0.126. The third-order valence-electron chi connectivity index (χ3n) is 2.84. The second-order valence-corrected chi connectivity index (χ2v) is 7.34. The Morgan fingerprint density at radius 1 is 1.29 bits per heavy atom. The molecule has 0 saturated heterocycles. The zero-order valence-electron chi connectivity index (χ0n) is 11.1. The highest BCUT2D eigenvalue weighted by Gasteiger charge is 2.23. The number of sulfonamides is 1. The van der Waals surface area contributed by atoms with E-state index in [0.717, 1.165) is 21.7 Å². The molecular weight excluding hydrogens is 314 g/mol. The largest absolute Gasteiger partial charge is 0.508 e. The first kappa shape index (κ1) is 15.5. The Kier molecular flexibility index (Phi) is 4.31. The molecule has 0 saturated carbocycles. The fraction of sp³-hybridized carbons (Fsp3) is 0.154. The van der Waals surface area contributed by atoms with Gasteiger partial charge in [0, 0.05) is 19.0 Å². The van der Waals surface area contributed by atoms with Crippen LogP contribution in [-0.2, 0) is 16.6 Å². The smallest absolute Gasteiger partial charge is 0.345 e. The SMILES string of the molecule is CN(Cc1ccc(O)cc1)S(=O)(=O)c1csc(C(=O)O)c1. The predicted octanol–water partition coefficient (Wildman–Crippen LogP) is 1.97. The lowest BCUT2D eigenvalue weighted by molar-refractivity contribution is 0.0702. The number of aromatic hydroxyl groups is 1. The maximum absolute atomic E-state index is 12.3. The van der Waals surface area contributed by atoms with Crippen molar-refractivity contribution in [1.29, 1.82) is 0 Å². The van der Waals surface area contributed by atoms with Gasteiger partial charge >= 0.3 is 5.97 Å². The van der Waals surface area contributed by atoms with Crippen LogP contribution in [0.15, 0.2) is 40.6 Å². The minimum atomic E-state index is -3.74. The first-order valence-corrected chi connectivity index (χ1v) is 8.19. The number of rotatable bonds is 5. The lowest BCUT2D eigenvalue weighted by Crippen LogP contribution is -2.26. The predicted molar refractivity (Wildman–Crippen MR) is 78.0 cm³/mol. The molecule has 1 heterocycles. The van der Waals surface area contributed by atoms with Crippen molar-refractivity contribution >= 4 is 27.3 Å². The van der Waals surface area contributed by atoms with E-state index in [1.165, 1.54) is 24.6 Å². The first-order chi connectivity index (χ1) is 9.80. The molecule has 0 amide bonds. The number of hydrogen-bond donors (Lipinski definition) is 2. The number of phenolic OH excluding ortho intramolecular Hbond substituents is 1. The number of aromatic carboxylic acids is 1. The summed E-state index contributed by atoms with van der Waals surface area (Å²) in [4.78, 5) is 10.8. The lowest BCUT2D eigenvalue weighted by Gasteiger charge is -2.16. The minimum absolute atomic E-state index is 0.0217. The second-order valence-electron chi connectivity index (χ2n) is 4.38. The number of thiophene rings is 1. The molecule has 1 aromatic carbocycles. The zero-order chi connectivity index (χ0) is 15.6. The molecule has 0 aliphatic carbocycles. The van der Waals surface area contributed by atoms with Crippen molar-refractivity contribution in [2.45, 2.75) is 11.4 Å². The topological polar surface area (TPSA) is 94.9 Å². The van der Waals surface area contributed by atoms with E-state index in [9.17, 15) is 18.3 Å². The van der Waals surface area contributed by atoms with Crippen LogP contribution in [0.25, 0.3) is 0 Å². The monoisotopic (exact) mass is 327 g/mol. The van der Waals surface area contributed by atoms with E-state index < -0.39 is 16.0 Å². The number of carbonyl (C=O) groups is 1. The molecule has 21 heavy (non-hydrogen) atoms. The number of nitrogens with zero attached hydrogens (tertiary/aromatic N) is 1. The molecule has 1 aromatic heterocycles. The highest BCUT2D eigenvalue weighted by molar-refractivity contribution is 7.89. The summed E-state index contributed by atoms with van der Waals surface area (Å²) in [5.74, 6) is -1.05. The summed E-state index contributed by atoms with van der Waals surface area (Å²) < 4.78 is 25.8. The van der Waals surface area contributed by atoms with Gasteiger partial charge in [-0.05, 0) is 23.8 Å². The van der Waals surface area contributed by atoms with Crippen molar-refractivity contribution in [3.63, 3.8) is 0 Å². The maximum atomic E-state index is 12.3. The van der Waals surface area contributed by atoms with Crippen LogP contribution in [0.2, 0.25) is 0 Å². The molecule has 0 aliphatic rings. The Labute approximate surface area is 125 Å². The summed E-state index contributed by atoms with van der Waals surface area (Å²) in [7, 11) is -2.33. The molecule has 6 nitrogen and oxygen atoms in total. The van der Waals surface area contributed by atoms with Gasteiger partial charge in [0.15, 0.2) is 0 Å². The van der Waals surface area contributed by atoms with Gasteiger partial charge in [0.05, 0.1) is 4.90 Å². The molecule has 0 spiro atoms. The molecule has 8 heteroatoms. The van der Waals surface area contributed by atoms with Gasteiger partial charge in [0.1, 0.15) is 10.6 Å². The molecule has 2 rings (SSSR count).